The first-order valence-electron chi connectivity index (χ1n) is 4.64. The zero-order valence-corrected chi connectivity index (χ0v) is 10.1. The van der Waals surface area contributed by atoms with Crippen molar-refractivity contribution in [2.75, 3.05) is 12.3 Å². The summed E-state index contributed by atoms with van der Waals surface area (Å²) < 4.78 is 10.7. The standard InChI is InChI=1S/C10H9BrN2O3/c1-2-15-9(14)5-3-6(11)8-7(4-5)13-10(12)16-8/h3-4H,2H2,1H3,(H2,12,13). The molecular weight excluding hydrogens is 276 g/mol. The Labute approximate surface area is 99.7 Å². The molecule has 0 radical (unpaired) electrons. The molecule has 5 nitrogen and oxygen atoms in total. The second-order valence-electron chi connectivity index (χ2n) is 3.08. The number of nitrogens with zero attached hydrogens (tertiary/aromatic N) is 1. The Hall–Kier alpha value is -1.56. The van der Waals surface area contributed by atoms with Gasteiger partial charge in [0.2, 0.25) is 0 Å². The first kappa shape index (κ1) is 10.9. The Morgan fingerprint density at radius 3 is 3.06 bits per heavy atom. The lowest BCUT2D eigenvalue weighted by atomic mass is 10.2. The molecule has 0 bridgehead atoms. The van der Waals surface area contributed by atoms with Crippen LogP contribution in [-0.2, 0) is 4.74 Å². The van der Waals surface area contributed by atoms with Gasteiger partial charge < -0.3 is 14.9 Å². The fourth-order valence-corrected chi connectivity index (χ4v) is 1.87. The van der Waals surface area contributed by atoms with Crippen LogP contribution in [0.4, 0.5) is 6.01 Å². The van der Waals surface area contributed by atoms with Crippen molar-refractivity contribution >= 4 is 39.0 Å². The topological polar surface area (TPSA) is 78.3 Å². The number of fused-ring (bicyclic) bond motifs is 1. The Morgan fingerprint density at radius 2 is 2.38 bits per heavy atom. The number of nitrogens with two attached hydrogens (primary N) is 1. The molecule has 2 rings (SSSR count). The van der Waals surface area contributed by atoms with Gasteiger partial charge in [0.05, 0.1) is 16.6 Å². The quantitative estimate of drug-likeness (QED) is 0.857. The number of carbonyl (C=O) groups is 1. The van der Waals surface area contributed by atoms with Crippen molar-refractivity contribution in [3.8, 4) is 0 Å². The van der Waals surface area contributed by atoms with Gasteiger partial charge in [-0.05, 0) is 35.0 Å². The maximum absolute atomic E-state index is 11.5. The lowest BCUT2D eigenvalue weighted by molar-refractivity contribution is 0.0526. The normalized spacial score (nSPS) is 10.6. The highest BCUT2D eigenvalue weighted by atomic mass is 79.9. The molecule has 2 aromatic rings. The van der Waals surface area contributed by atoms with Crippen molar-refractivity contribution in [1.82, 2.24) is 4.98 Å². The third-order valence-electron chi connectivity index (χ3n) is 1.97. The number of rotatable bonds is 2. The molecule has 84 valence electrons. The lowest BCUT2D eigenvalue weighted by Gasteiger charge is -2.01. The summed E-state index contributed by atoms with van der Waals surface area (Å²) >= 11 is 3.28. The van der Waals surface area contributed by atoms with E-state index in [9.17, 15) is 4.79 Å². The van der Waals surface area contributed by atoms with Crippen molar-refractivity contribution in [2.45, 2.75) is 6.92 Å². The molecule has 0 unspecified atom stereocenters. The van der Waals surface area contributed by atoms with E-state index in [0.29, 0.717) is 27.7 Å². The molecule has 0 aliphatic carbocycles. The van der Waals surface area contributed by atoms with E-state index in [2.05, 4.69) is 20.9 Å². The van der Waals surface area contributed by atoms with Gasteiger partial charge in [0.25, 0.3) is 6.01 Å². The molecule has 0 atom stereocenters. The summed E-state index contributed by atoms with van der Waals surface area (Å²) in [5.41, 5.74) is 6.88. The van der Waals surface area contributed by atoms with Crippen molar-refractivity contribution < 1.29 is 13.9 Å². The summed E-state index contributed by atoms with van der Waals surface area (Å²) in [7, 11) is 0. The molecule has 0 aliphatic rings. The number of carbonyl (C=O) groups excluding carboxylic acids is 1. The van der Waals surface area contributed by atoms with E-state index < -0.39 is 5.97 Å². The van der Waals surface area contributed by atoms with E-state index in [4.69, 9.17) is 14.9 Å². The summed E-state index contributed by atoms with van der Waals surface area (Å²) in [6.07, 6.45) is 0. The summed E-state index contributed by atoms with van der Waals surface area (Å²) in [6, 6.07) is 3.26. The largest absolute Gasteiger partial charge is 0.462 e. The summed E-state index contributed by atoms with van der Waals surface area (Å²) in [4.78, 5) is 15.5. The Kier molecular flexibility index (Phi) is 2.82. The highest BCUT2D eigenvalue weighted by Crippen LogP contribution is 2.27. The van der Waals surface area contributed by atoms with Crippen LogP contribution in [0.15, 0.2) is 21.0 Å². The molecule has 0 fully saturated rings. The van der Waals surface area contributed by atoms with Gasteiger partial charge in [-0.3, -0.25) is 0 Å². The van der Waals surface area contributed by atoms with Crippen molar-refractivity contribution in [2.24, 2.45) is 0 Å². The van der Waals surface area contributed by atoms with Crippen LogP contribution >= 0.6 is 15.9 Å². The third-order valence-corrected chi connectivity index (χ3v) is 2.56. The molecule has 0 saturated carbocycles. The molecule has 2 N–H and O–H groups in total. The van der Waals surface area contributed by atoms with Crippen LogP contribution in [0.5, 0.6) is 0 Å². The minimum atomic E-state index is -0.397. The van der Waals surface area contributed by atoms with Gasteiger partial charge in [0.15, 0.2) is 5.58 Å². The van der Waals surface area contributed by atoms with Crippen LogP contribution in [0, 0.1) is 0 Å². The van der Waals surface area contributed by atoms with Gasteiger partial charge in [0.1, 0.15) is 5.52 Å². The maximum Gasteiger partial charge on any atom is 0.338 e. The number of halogens is 1. The van der Waals surface area contributed by atoms with E-state index >= 15 is 0 Å². The Morgan fingerprint density at radius 1 is 1.62 bits per heavy atom. The fourth-order valence-electron chi connectivity index (χ4n) is 1.34. The Bertz CT molecular complexity index is 550. The number of hydrogen-bond donors (Lipinski definition) is 1. The highest BCUT2D eigenvalue weighted by Gasteiger charge is 2.13. The predicted molar refractivity (Wildman–Crippen MR) is 62.1 cm³/mol. The molecule has 0 saturated heterocycles. The average Bonchev–Trinajstić information content (AvgIpc) is 2.59. The molecule has 1 heterocycles. The first-order chi connectivity index (χ1) is 7.61. The van der Waals surface area contributed by atoms with E-state index in [0.717, 1.165) is 0 Å². The van der Waals surface area contributed by atoms with Gasteiger partial charge in [-0.2, -0.15) is 4.98 Å². The summed E-state index contributed by atoms with van der Waals surface area (Å²) in [5, 5.41) is 0. The third kappa shape index (κ3) is 1.88. The number of oxazole rings is 1. The predicted octanol–water partition coefficient (Wildman–Crippen LogP) is 2.35. The molecule has 1 aromatic carbocycles. The summed E-state index contributed by atoms with van der Waals surface area (Å²) in [6.45, 7) is 2.08. The fraction of sp³-hybridized carbons (Fsp3) is 0.200. The van der Waals surface area contributed by atoms with Gasteiger partial charge >= 0.3 is 5.97 Å². The van der Waals surface area contributed by atoms with Crippen LogP contribution < -0.4 is 5.73 Å². The number of aromatic nitrogens is 1. The minimum Gasteiger partial charge on any atom is -0.462 e. The average molecular weight is 285 g/mol. The van der Waals surface area contributed by atoms with E-state index in [1.165, 1.54) is 0 Å². The van der Waals surface area contributed by atoms with E-state index in [-0.39, 0.29) is 6.01 Å². The lowest BCUT2D eigenvalue weighted by Crippen LogP contribution is -2.04. The van der Waals surface area contributed by atoms with Crippen LogP contribution in [0.1, 0.15) is 17.3 Å². The highest BCUT2D eigenvalue weighted by molar-refractivity contribution is 9.10. The molecular formula is C10H9BrN2O3. The van der Waals surface area contributed by atoms with Crippen LogP contribution in [0.2, 0.25) is 0 Å². The van der Waals surface area contributed by atoms with Crippen LogP contribution in [-0.4, -0.2) is 17.6 Å². The molecule has 16 heavy (non-hydrogen) atoms. The molecule has 0 spiro atoms. The summed E-state index contributed by atoms with van der Waals surface area (Å²) in [5.74, 6) is -0.397. The second-order valence-corrected chi connectivity index (χ2v) is 3.93. The molecule has 1 aromatic heterocycles. The molecule has 0 amide bonds. The van der Waals surface area contributed by atoms with Gasteiger partial charge in [-0.25, -0.2) is 4.79 Å². The SMILES string of the molecule is CCOC(=O)c1cc(Br)c2oc(N)nc2c1. The monoisotopic (exact) mass is 284 g/mol. The van der Waals surface area contributed by atoms with Crippen LogP contribution in [0.3, 0.4) is 0 Å². The number of anilines is 1. The van der Waals surface area contributed by atoms with Crippen molar-refractivity contribution in [1.29, 1.82) is 0 Å². The van der Waals surface area contributed by atoms with E-state index in [1.54, 1.807) is 19.1 Å². The van der Waals surface area contributed by atoms with Crippen molar-refractivity contribution in [3.05, 3.63) is 22.2 Å². The number of ether oxygens (including phenoxy) is 1. The number of benzene rings is 1. The maximum atomic E-state index is 11.5. The number of hydrogen-bond acceptors (Lipinski definition) is 5. The number of esters is 1. The molecule has 6 heteroatoms. The number of nitrogen functional groups attached to an aromatic ring is 1. The van der Waals surface area contributed by atoms with Crippen LogP contribution in [0.25, 0.3) is 11.1 Å². The Balaban J connectivity index is 2.53. The van der Waals surface area contributed by atoms with Gasteiger partial charge in [0, 0.05) is 0 Å². The van der Waals surface area contributed by atoms with Gasteiger partial charge in [-0.1, -0.05) is 0 Å². The molecule has 0 aliphatic heterocycles. The first-order valence-corrected chi connectivity index (χ1v) is 5.43. The van der Waals surface area contributed by atoms with Gasteiger partial charge in [-0.15, -0.1) is 0 Å². The minimum absolute atomic E-state index is 0.0664. The van der Waals surface area contributed by atoms with Crippen molar-refractivity contribution in [3.63, 3.8) is 0 Å². The van der Waals surface area contributed by atoms with E-state index in [1.807, 2.05) is 0 Å². The zero-order valence-electron chi connectivity index (χ0n) is 8.49. The second kappa shape index (κ2) is 4.13. The zero-order chi connectivity index (χ0) is 11.7. The smallest absolute Gasteiger partial charge is 0.338 e.